The van der Waals surface area contributed by atoms with Gasteiger partial charge in [0.15, 0.2) is 5.78 Å². The summed E-state index contributed by atoms with van der Waals surface area (Å²) in [6.45, 7) is 7.90. The average Bonchev–Trinajstić information content (AvgIpc) is 2.46. The van der Waals surface area contributed by atoms with Crippen molar-refractivity contribution in [1.29, 1.82) is 0 Å². The fourth-order valence-corrected chi connectivity index (χ4v) is 2.39. The molecule has 4 nitrogen and oxygen atoms in total. The lowest BCUT2D eigenvalue weighted by molar-refractivity contribution is -0.122. The summed E-state index contributed by atoms with van der Waals surface area (Å²) in [5.41, 5.74) is 2.68. The summed E-state index contributed by atoms with van der Waals surface area (Å²) in [5, 5.41) is 11.9. The third-order valence-electron chi connectivity index (χ3n) is 3.86. The molecule has 1 aromatic carbocycles. The van der Waals surface area contributed by atoms with Gasteiger partial charge in [0.25, 0.3) is 0 Å². The van der Waals surface area contributed by atoms with Crippen molar-refractivity contribution >= 4 is 11.7 Å². The van der Waals surface area contributed by atoms with Crippen LogP contribution in [0.1, 0.15) is 54.6 Å². The maximum absolute atomic E-state index is 12.2. The minimum absolute atomic E-state index is 0.000366. The van der Waals surface area contributed by atoms with Crippen LogP contribution in [0, 0.1) is 19.8 Å². The summed E-state index contributed by atoms with van der Waals surface area (Å²) in [5.74, 6) is 0.122. The molecule has 1 amide bonds. The Bertz CT molecular complexity index is 523. The Balaban J connectivity index is 2.56. The maximum atomic E-state index is 12.2. The van der Waals surface area contributed by atoms with Crippen molar-refractivity contribution in [2.24, 2.45) is 5.92 Å². The summed E-state index contributed by atoms with van der Waals surface area (Å²) >= 11 is 0. The Kier molecular flexibility index (Phi) is 7.25. The van der Waals surface area contributed by atoms with E-state index in [4.69, 9.17) is 5.11 Å². The van der Waals surface area contributed by atoms with Crippen molar-refractivity contribution in [2.75, 3.05) is 6.61 Å². The van der Waals surface area contributed by atoms with Crippen molar-refractivity contribution in [3.05, 3.63) is 34.9 Å². The minimum atomic E-state index is -0.134. The van der Waals surface area contributed by atoms with Crippen LogP contribution in [0.25, 0.3) is 0 Å². The van der Waals surface area contributed by atoms with Gasteiger partial charge >= 0.3 is 0 Å². The molecule has 1 atom stereocenters. The molecular formula is C18H27NO3. The lowest BCUT2D eigenvalue weighted by Crippen LogP contribution is -2.39. The van der Waals surface area contributed by atoms with Crippen LogP contribution < -0.4 is 5.32 Å². The number of carbonyl (C=O) groups is 2. The molecule has 0 aliphatic heterocycles. The van der Waals surface area contributed by atoms with Gasteiger partial charge in [0.2, 0.25) is 5.91 Å². The molecule has 0 bridgehead atoms. The normalized spacial score (nSPS) is 12.3. The van der Waals surface area contributed by atoms with E-state index >= 15 is 0 Å². The second-order valence-corrected chi connectivity index (χ2v) is 6.17. The third-order valence-corrected chi connectivity index (χ3v) is 3.86. The SMILES string of the molecule is Cc1ccc(C)c(C(=O)CCC(=O)NC(CCO)C(C)C)c1. The zero-order valence-electron chi connectivity index (χ0n) is 14.0. The minimum Gasteiger partial charge on any atom is -0.396 e. The van der Waals surface area contributed by atoms with Gasteiger partial charge in [-0.3, -0.25) is 9.59 Å². The lowest BCUT2D eigenvalue weighted by Gasteiger charge is -2.21. The predicted molar refractivity (Wildman–Crippen MR) is 88.0 cm³/mol. The number of hydrogen-bond donors (Lipinski definition) is 2. The molecule has 0 heterocycles. The molecular weight excluding hydrogens is 278 g/mol. The molecule has 0 spiro atoms. The van der Waals surface area contributed by atoms with Crippen LogP contribution in [-0.4, -0.2) is 29.4 Å². The number of aryl methyl sites for hydroxylation is 2. The molecule has 122 valence electrons. The van der Waals surface area contributed by atoms with Gasteiger partial charge < -0.3 is 10.4 Å². The van der Waals surface area contributed by atoms with Crippen LogP contribution in [0.2, 0.25) is 0 Å². The van der Waals surface area contributed by atoms with Gasteiger partial charge in [0.1, 0.15) is 0 Å². The van der Waals surface area contributed by atoms with Gasteiger partial charge in [0, 0.05) is 31.1 Å². The van der Waals surface area contributed by atoms with Crippen LogP contribution in [0.15, 0.2) is 18.2 Å². The Hall–Kier alpha value is -1.68. The zero-order chi connectivity index (χ0) is 16.7. The molecule has 0 radical (unpaired) electrons. The van der Waals surface area contributed by atoms with Crippen LogP contribution in [0.4, 0.5) is 0 Å². The van der Waals surface area contributed by atoms with Crippen molar-refractivity contribution < 1.29 is 14.7 Å². The van der Waals surface area contributed by atoms with Crippen molar-refractivity contribution in [1.82, 2.24) is 5.32 Å². The Morgan fingerprint density at radius 1 is 1.18 bits per heavy atom. The highest BCUT2D eigenvalue weighted by molar-refractivity contribution is 5.99. The monoisotopic (exact) mass is 305 g/mol. The van der Waals surface area contributed by atoms with E-state index in [0.717, 1.165) is 11.1 Å². The van der Waals surface area contributed by atoms with E-state index in [9.17, 15) is 9.59 Å². The molecule has 0 saturated heterocycles. The van der Waals surface area contributed by atoms with Gasteiger partial charge in [-0.05, 0) is 37.8 Å². The number of hydrogen-bond acceptors (Lipinski definition) is 3. The second kappa shape index (κ2) is 8.69. The summed E-state index contributed by atoms with van der Waals surface area (Å²) in [6.07, 6.45) is 0.926. The molecule has 0 fully saturated rings. The molecule has 0 aromatic heterocycles. The summed E-state index contributed by atoms with van der Waals surface area (Å²) in [6, 6.07) is 5.73. The summed E-state index contributed by atoms with van der Waals surface area (Å²) in [4.78, 5) is 24.2. The highest BCUT2D eigenvalue weighted by Crippen LogP contribution is 2.14. The van der Waals surface area contributed by atoms with Crippen molar-refractivity contribution in [3.63, 3.8) is 0 Å². The van der Waals surface area contributed by atoms with E-state index in [0.29, 0.717) is 12.0 Å². The van der Waals surface area contributed by atoms with E-state index in [1.54, 1.807) is 0 Å². The molecule has 1 unspecified atom stereocenters. The van der Waals surface area contributed by atoms with Gasteiger partial charge in [0.05, 0.1) is 0 Å². The van der Waals surface area contributed by atoms with E-state index in [1.807, 2.05) is 45.9 Å². The average molecular weight is 305 g/mol. The number of benzene rings is 1. The molecule has 0 aliphatic rings. The van der Waals surface area contributed by atoms with Crippen molar-refractivity contribution in [3.8, 4) is 0 Å². The molecule has 0 aliphatic carbocycles. The smallest absolute Gasteiger partial charge is 0.220 e. The van der Waals surface area contributed by atoms with Gasteiger partial charge in [-0.1, -0.05) is 31.5 Å². The van der Waals surface area contributed by atoms with Gasteiger partial charge in [-0.25, -0.2) is 0 Å². The number of aliphatic hydroxyl groups is 1. The molecule has 2 N–H and O–H groups in total. The molecule has 22 heavy (non-hydrogen) atoms. The van der Waals surface area contributed by atoms with E-state index < -0.39 is 0 Å². The number of carbonyl (C=O) groups excluding carboxylic acids is 2. The quantitative estimate of drug-likeness (QED) is 0.726. The van der Waals surface area contributed by atoms with E-state index in [2.05, 4.69) is 5.32 Å². The van der Waals surface area contributed by atoms with Gasteiger partial charge in [-0.15, -0.1) is 0 Å². The van der Waals surface area contributed by atoms with Crippen LogP contribution in [0.5, 0.6) is 0 Å². The first-order chi connectivity index (χ1) is 10.3. The van der Waals surface area contributed by atoms with Crippen LogP contribution in [-0.2, 0) is 4.79 Å². The number of rotatable bonds is 8. The Labute approximate surface area is 132 Å². The maximum Gasteiger partial charge on any atom is 0.220 e. The first-order valence-electron chi connectivity index (χ1n) is 7.85. The number of amides is 1. The second-order valence-electron chi connectivity index (χ2n) is 6.17. The van der Waals surface area contributed by atoms with Crippen LogP contribution >= 0.6 is 0 Å². The first-order valence-corrected chi connectivity index (χ1v) is 7.85. The lowest BCUT2D eigenvalue weighted by atomic mass is 9.98. The predicted octanol–water partition coefficient (Wildman–Crippen LogP) is 2.79. The third kappa shape index (κ3) is 5.60. The standard InChI is InChI=1S/C18H27NO3/c1-12(2)16(9-10-20)19-18(22)8-7-17(21)15-11-13(3)5-6-14(15)4/h5-6,11-12,16,20H,7-10H2,1-4H3,(H,19,22). The largest absolute Gasteiger partial charge is 0.396 e. The number of nitrogens with one attached hydrogen (secondary N) is 1. The fourth-order valence-electron chi connectivity index (χ4n) is 2.39. The number of ketones is 1. The molecule has 1 aromatic rings. The summed E-state index contributed by atoms with van der Waals surface area (Å²) in [7, 11) is 0. The molecule has 1 rings (SSSR count). The Morgan fingerprint density at radius 2 is 1.86 bits per heavy atom. The van der Waals surface area contributed by atoms with Crippen molar-refractivity contribution in [2.45, 2.75) is 53.0 Å². The first kappa shape index (κ1) is 18.4. The zero-order valence-corrected chi connectivity index (χ0v) is 14.0. The fraction of sp³-hybridized carbons (Fsp3) is 0.556. The topological polar surface area (TPSA) is 66.4 Å². The van der Waals surface area contributed by atoms with E-state index in [1.165, 1.54) is 0 Å². The summed E-state index contributed by atoms with van der Waals surface area (Å²) < 4.78 is 0. The van der Waals surface area contributed by atoms with E-state index in [-0.39, 0.29) is 43.1 Å². The Morgan fingerprint density at radius 3 is 2.45 bits per heavy atom. The van der Waals surface area contributed by atoms with Gasteiger partial charge in [-0.2, -0.15) is 0 Å². The highest BCUT2D eigenvalue weighted by Gasteiger charge is 2.17. The number of Topliss-reactive ketones (excluding diaryl/α,β-unsaturated/α-hetero) is 1. The molecule has 0 saturated carbocycles. The molecule has 4 heteroatoms. The van der Waals surface area contributed by atoms with Crippen LogP contribution in [0.3, 0.4) is 0 Å². The highest BCUT2D eigenvalue weighted by atomic mass is 16.3. The number of aliphatic hydroxyl groups excluding tert-OH is 1.